The molecule has 1 aromatic heterocycles. The fourth-order valence-corrected chi connectivity index (χ4v) is 2.80. The van der Waals surface area contributed by atoms with Crippen LogP contribution in [0.3, 0.4) is 0 Å². The van der Waals surface area contributed by atoms with Gasteiger partial charge in [0.2, 0.25) is 0 Å². The van der Waals surface area contributed by atoms with E-state index in [0.29, 0.717) is 6.04 Å². The highest BCUT2D eigenvalue weighted by atomic mass is 16.5. The third-order valence-electron chi connectivity index (χ3n) is 4.07. The van der Waals surface area contributed by atoms with Crippen molar-refractivity contribution in [2.75, 3.05) is 19.8 Å². The van der Waals surface area contributed by atoms with Crippen LogP contribution >= 0.6 is 0 Å². The molecule has 0 aliphatic carbocycles. The van der Waals surface area contributed by atoms with Crippen LogP contribution in [-0.4, -0.2) is 30.8 Å². The van der Waals surface area contributed by atoms with Crippen molar-refractivity contribution in [1.82, 2.24) is 10.3 Å². The Bertz CT molecular complexity index is 371. The molecule has 0 aromatic carbocycles. The van der Waals surface area contributed by atoms with E-state index in [0.717, 1.165) is 38.5 Å². The summed E-state index contributed by atoms with van der Waals surface area (Å²) in [7, 11) is 0. The summed E-state index contributed by atoms with van der Waals surface area (Å²) in [4.78, 5) is 4.60. The number of aromatic nitrogens is 1. The summed E-state index contributed by atoms with van der Waals surface area (Å²) >= 11 is 0. The van der Waals surface area contributed by atoms with Crippen LogP contribution in [0.2, 0.25) is 0 Å². The van der Waals surface area contributed by atoms with Gasteiger partial charge in [-0.1, -0.05) is 19.9 Å². The van der Waals surface area contributed by atoms with E-state index in [4.69, 9.17) is 4.74 Å². The SMILES string of the molecule is CCCNC(Cc1ccc(CC)cn1)CC1CCOC1. The molecule has 20 heavy (non-hydrogen) atoms. The molecule has 2 unspecified atom stereocenters. The van der Waals surface area contributed by atoms with Crippen LogP contribution in [0.4, 0.5) is 0 Å². The Kier molecular flexibility index (Phi) is 6.48. The molecule has 0 radical (unpaired) electrons. The second-order valence-electron chi connectivity index (χ2n) is 5.83. The number of ether oxygens (including phenoxy) is 1. The van der Waals surface area contributed by atoms with Gasteiger partial charge in [-0.25, -0.2) is 0 Å². The maximum Gasteiger partial charge on any atom is 0.0495 e. The molecular formula is C17H28N2O. The highest BCUT2D eigenvalue weighted by Crippen LogP contribution is 2.19. The minimum absolute atomic E-state index is 0.529. The summed E-state index contributed by atoms with van der Waals surface area (Å²) in [5, 5.41) is 3.68. The quantitative estimate of drug-likeness (QED) is 0.792. The van der Waals surface area contributed by atoms with E-state index in [2.05, 4.69) is 36.3 Å². The van der Waals surface area contributed by atoms with Crippen LogP contribution < -0.4 is 5.32 Å². The number of pyridine rings is 1. The average Bonchev–Trinajstić information content (AvgIpc) is 2.98. The fraction of sp³-hybridized carbons (Fsp3) is 0.706. The molecule has 2 heterocycles. The van der Waals surface area contributed by atoms with Crippen molar-refractivity contribution in [2.45, 2.75) is 52.0 Å². The summed E-state index contributed by atoms with van der Waals surface area (Å²) in [5.41, 5.74) is 2.52. The molecule has 0 bridgehead atoms. The number of rotatable bonds is 8. The van der Waals surface area contributed by atoms with Crippen molar-refractivity contribution in [1.29, 1.82) is 0 Å². The number of aryl methyl sites for hydroxylation is 1. The van der Waals surface area contributed by atoms with Crippen LogP contribution in [0, 0.1) is 5.92 Å². The smallest absolute Gasteiger partial charge is 0.0495 e. The van der Waals surface area contributed by atoms with Crippen molar-refractivity contribution in [3.8, 4) is 0 Å². The van der Waals surface area contributed by atoms with Crippen molar-refractivity contribution in [3.63, 3.8) is 0 Å². The topological polar surface area (TPSA) is 34.2 Å². The minimum Gasteiger partial charge on any atom is -0.381 e. The molecular weight excluding hydrogens is 248 g/mol. The molecule has 2 rings (SSSR count). The number of nitrogens with one attached hydrogen (secondary N) is 1. The van der Waals surface area contributed by atoms with Crippen LogP contribution in [0.5, 0.6) is 0 Å². The Labute approximate surface area is 123 Å². The molecule has 2 atom stereocenters. The lowest BCUT2D eigenvalue weighted by atomic mass is 9.95. The zero-order chi connectivity index (χ0) is 14.2. The van der Waals surface area contributed by atoms with Gasteiger partial charge in [0.25, 0.3) is 0 Å². The lowest BCUT2D eigenvalue weighted by Gasteiger charge is -2.21. The van der Waals surface area contributed by atoms with Gasteiger partial charge in [-0.3, -0.25) is 4.98 Å². The zero-order valence-electron chi connectivity index (χ0n) is 12.9. The summed E-state index contributed by atoms with van der Waals surface area (Å²) in [5.74, 6) is 0.722. The Balaban J connectivity index is 1.90. The largest absolute Gasteiger partial charge is 0.381 e. The first-order chi connectivity index (χ1) is 9.81. The molecule has 0 saturated carbocycles. The Morgan fingerprint density at radius 2 is 2.30 bits per heavy atom. The highest BCUT2D eigenvalue weighted by molar-refractivity contribution is 5.14. The molecule has 0 spiro atoms. The predicted molar refractivity (Wildman–Crippen MR) is 82.9 cm³/mol. The summed E-state index contributed by atoms with van der Waals surface area (Å²) in [6.45, 7) is 7.35. The van der Waals surface area contributed by atoms with Gasteiger partial charge in [-0.2, -0.15) is 0 Å². The van der Waals surface area contributed by atoms with E-state index in [1.165, 1.54) is 30.5 Å². The normalized spacial score (nSPS) is 20.2. The van der Waals surface area contributed by atoms with Crippen LogP contribution in [0.1, 0.15) is 44.4 Å². The fourth-order valence-electron chi connectivity index (χ4n) is 2.80. The van der Waals surface area contributed by atoms with E-state index in [1.807, 2.05) is 6.20 Å². The van der Waals surface area contributed by atoms with Gasteiger partial charge in [-0.05, 0) is 49.8 Å². The van der Waals surface area contributed by atoms with Crippen molar-refractivity contribution < 1.29 is 4.74 Å². The molecule has 1 aromatic rings. The molecule has 1 aliphatic heterocycles. The summed E-state index contributed by atoms with van der Waals surface area (Å²) in [6.07, 6.45) is 7.71. The lowest BCUT2D eigenvalue weighted by Crippen LogP contribution is -2.34. The van der Waals surface area contributed by atoms with Crippen LogP contribution in [-0.2, 0) is 17.6 Å². The van der Waals surface area contributed by atoms with Gasteiger partial charge in [0, 0.05) is 37.6 Å². The number of hydrogen-bond donors (Lipinski definition) is 1. The third-order valence-corrected chi connectivity index (χ3v) is 4.07. The van der Waals surface area contributed by atoms with Gasteiger partial charge in [0.05, 0.1) is 0 Å². The molecule has 1 fully saturated rings. The Hall–Kier alpha value is -0.930. The summed E-state index contributed by atoms with van der Waals surface area (Å²) < 4.78 is 5.50. The molecule has 3 nitrogen and oxygen atoms in total. The maximum atomic E-state index is 5.50. The average molecular weight is 276 g/mol. The van der Waals surface area contributed by atoms with E-state index in [1.54, 1.807) is 0 Å². The molecule has 1 aliphatic rings. The van der Waals surface area contributed by atoms with E-state index >= 15 is 0 Å². The molecule has 1 saturated heterocycles. The van der Waals surface area contributed by atoms with Gasteiger partial charge in [-0.15, -0.1) is 0 Å². The second kappa shape index (κ2) is 8.38. The highest BCUT2D eigenvalue weighted by Gasteiger charge is 2.20. The van der Waals surface area contributed by atoms with E-state index in [9.17, 15) is 0 Å². The maximum absolute atomic E-state index is 5.50. The monoisotopic (exact) mass is 276 g/mol. The third kappa shape index (κ3) is 4.88. The van der Waals surface area contributed by atoms with Gasteiger partial charge in [0.1, 0.15) is 0 Å². The Morgan fingerprint density at radius 1 is 1.40 bits per heavy atom. The van der Waals surface area contributed by atoms with Crippen molar-refractivity contribution >= 4 is 0 Å². The van der Waals surface area contributed by atoms with Crippen molar-refractivity contribution in [2.24, 2.45) is 5.92 Å². The molecule has 3 heteroatoms. The number of hydrogen-bond acceptors (Lipinski definition) is 3. The zero-order valence-corrected chi connectivity index (χ0v) is 12.9. The summed E-state index contributed by atoms with van der Waals surface area (Å²) in [6, 6.07) is 4.92. The van der Waals surface area contributed by atoms with Gasteiger partial charge in [0.15, 0.2) is 0 Å². The minimum atomic E-state index is 0.529. The second-order valence-corrected chi connectivity index (χ2v) is 5.83. The van der Waals surface area contributed by atoms with E-state index < -0.39 is 0 Å². The molecule has 1 N–H and O–H groups in total. The first-order valence-electron chi connectivity index (χ1n) is 8.06. The predicted octanol–water partition coefficient (Wildman–Crippen LogP) is 2.98. The van der Waals surface area contributed by atoms with Crippen LogP contribution in [0.25, 0.3) is 0 Å². The molecule has 0 amide bonds. The Morgan fingerprint density at radius 3 is 2.90 bits per heavy atom. The number of nitrogens with zero attached hydrogens (tertiary/aromatic N) is 1. The van der Waals surface area contributed by atoms with Crippen molar-refractivity contribution in [3.05, 3.63) is 29.6 Å². The lowest BCUT2D eigenvalue weighted by molar-refractivity contribution is 0.181. The standard InChI is InChI=1S/C17H28N2O/c1-3-8-18-17(10-15-7-9-20-13-15)11-16-6-5-14(4-2)12-19-16/h5-6,12,15,17-18H,3-4,7-11,13H2,1-2H3. The first kappa shape index (κ1) is 15.5. The van der Waals surface area contributed by atoms with Gasteiger partial charge >= 0.3 is 0 Å². The van der Waals surface area contributed by atoms with Gasteiger partial charge < -0.3 is 10.1 Å². The van der Waals surface area contributed by atoms with E-state index in [-0.39, 0.29) is 0 Å². The first-order valence-corrected chi connectivity index (χ1v) is 8.06. The molecule has 112 valence electrons. The van der Waals surface area contributed by atoms with Crippen LogP contribution in [0.15, 0.2) is 18.3 Å².